The van der Waals surface area contributed by atoms with Gasteiger partial charge in [0.1, 0.15) is 5.75 Å². The molecule has 0 aromatic heterocycles. The molecule has 136 valence electrons. The van der Waals surface area contributed by atoms with Crippen molar-refractivity contribution in [1.29, 1.82) is 0 Å². The third kappa shape index (κ3) is 5.68. The molecule has 2 nitrogen and oxygen atoms in total. The highest BCUT2D eigenvalue weighted by atomic mass is 16.5. The normalized spacial score (nSPS) is 11.1. The van der Waals surface area contributed by atoms with Gasteiger partial charge in [-0.25, -0.2) is 4.79 Å². The monoisotopic (exact) mass is 356 g/mol. The van der Waals surface area contributed by atoms with E-state index in [4.69, 9.17) is 4.74 Å². The molecule has 0 heterocycles. The van der Waals surface area contributed by atoms with E-state index in [0.717, 1.165) is 17.5 Å². The quantitative estimate of drug-likeness (QED) is 0.295. The number of para-hydroxylation sites is 1. The summed E-state index contributed by atoms with van der Waals surface area (Å²) < 4.78 is 5.40. The third-order valence-electron chi connectivity index (χ3n) is 4.17. The molecule has 0 bridgehead atoms. The summed E-state index contributed by atoms with van der Waals surface area (Å²) >= 11 is 0. The number of rotatable bonds is 6. The highest BCUT2D eigenvalue weighted by Gasteiger charge is 2.08. The minimum absolute atomic E-state index is 0.352. The van der Waals surface area contributed by atoms with Gasteiger partial charge >= 0.3 is 5.97 Å². The maximum absolute atomic E-state index is 12.3. The van der Waals surface area contributed by atoms with Crippen molar-refractivity contribution in [3.63, 3.8) is 0 Å². The zero-order valence-electron chi connectivity index (χ0n) is 15.8. The van der Waals surface area contributed by atoms with Crippen LogP contribution in [0.2, 0.25) is 0 Å². The van der Waals surface area contributed by atoms with Gasteiger partial charge in [-0.2, -0.15) is 0 Å². The molecule has 0 atom stereocenters. The van der Waals surface area contributed by atoms with Gasteiger partial charge in [-0.15, -0.1) is 0 Å². The maximum Gasteiger partial charge on any atom is 0.343 e. The van der Waals surface area contributed by atoms with Crippen molar-refractivity contribution in [1.82, 2.24) is 0 Å². The Morgan fingerprint density at radius 1 is 0.852 bits per heavy atom. The molecule has 0 fully saturated rings. The van der Waals surface area contributed by atoms with Crippen LogP contribution in [0.1, 0.15) is 40.9 Å². The fourth-order valence-electron chi connectivity index (χ4n) is 2.85. The topological polar surface area (TPSA) is 26.3 Å². The molecule has 2 heteroatoms. The zero-order chi connectivity index (χ0) is 19.1. The molecular weight excluding hydrogens is 332 g/mol. The van der Waals surface area contributed by atoms with Crippen molar-refractivity contribution in [2.75, 3.05) is 0 Å². The highest BCUT2D eigenvalue weighted by Crippen LogP contribution is 2.15. The SMILES string of the molecule is CC(C)Cc1ccc(/C=C/c2cccc(C(=O)Oc3ccccc3)c2)cc1. The van der Waals surface area contributed by atoms with Gasteiger partial charge in [0.2, 0.25) is 0 Å². The molecule has 0 amide bonds. The lowest BCUT2D eigenvalue weighted by Crippen LogP contribution is -2.08. The molecule has 0 aliphatic rings. The Hall–Kier alpha value is -3.13. The van der Waals surface area contributed by atoms with E-state index in [-0.39, 0.29) is 5.97 Å². The van der Waals surface area contributed by atoms with Crippen molar-refractivity contribution >= 4 is 18.1 Å². The first kappa shape index (κ1) is 18.7. The van der Waals surface area contributed by atoms with Gasteiger partial charge in [-0.3, -0.25) is 0 Å². The Labute approximate surface area is 161 Å². The van der Waals surface area contributed by atoms with Crippen LogP contribution in [-0.4, -0.2) is 5.97 Å². The summed E-state index contributed by atoms with van der Waals surface area (Å²) in [5.41, 5.74) is 3.99. The fourth-order valence-corrected chi connectivity index (χ4v) is 2.85. The number of hydrogen-bond acceptors (Lipinski definition) is 2. The predicted octanol–water partition coefficient (Wildman–Crippen LogP) is 6.27. The molecule has 3 aromatic carbocycles. The lowest BCUT2D eigenvalue weighted by atomic mass is 10.0. The second-order valence-corrected chi connectivity index (χ2v) is 7.00. The van der Waals surface area contributed by atoms with E-state index in [9.17, 15) is 4.79 Å². The van der Waals surface area contributed by atoms with Crippen LogP contribution in [0.15, 0.2) is 78.9 Å². The third-order valence-corrected chi connectivity index (χ3v) is 4.17. The van der Waals surface area contributed by atoms with Gasteiger partial charge in [-0.05, 0) is 53.3 Å². The van der Waals surface area contributed by atoms with Gasteiger partial charge in [0.25, 0.3) is 0 Å². The highest BCUT2D eigenvalue weighted by molar-refractivity contribution is 5.92. The van der Waals surface area contributed by atoms with Crippen molar-refractivity contribution < 1.29 is 9.53 Å². The van der Waals surface area contributed by atoms with E-state index < -0.39 is 0 Å². The summed E-state index contributed by atoms with van der Waals surface area (Å²) in [5, 5.41) is 0. The number of ether oxygens (including phenoxy) is 1. The van der Waals surface area contributed by atoms with Gasteiger partial charge in [0.05, 0.1) is 5.56 Å². The summed E-state index contributed by atoms with van der Waals surface area (Å²) in [7, 11) is 0. The zero-order valence-corrected chi connectivity index (χ0v) is 15.8. The molecule has 3 aromatic rings. The molecule has 0 aliphatic heterocycles. The smallest absolute Gasteiger partial charge is 0.343 e. The first-order valence-corrected chi connectivity index (χ1v) is 9.24. The minimum Gasteiger partial charge on any atom is -0.423 e. The Morgan fingerprint density at radius 3 is 2.26 bits per heavy atom. The molecule has 0 aliphatic carbocycles. The summed E-state index contributed by atoms with van der Waals surface area (Å²) in [4.78, 5) is 12.3. The lowest BCUT2D eigenvalue weighted by Gasteiger charge is -2.05. The molecule has 0 N–H and O–H groups in total. The van der Waals surface area contributed by atoms with Gasteiger partial charge in [-0.1, -0.05) is 80.6 Å². The van der Waals surface area contributed by atoms with Crippen molar-refractivity contribution in [2.24, 2.45) is 5.92 Å². The maximum atomic E-state index is 12.3. The first-order valence-electron chi connectivity index (χ1n) is 9.24. The fraction of sp³-hybridized carbons (Fsp3) is 0.160. The summed E-state index contributed by atoms with van der Waals surface area (Å²) in [6.07, 6.45) is 5.16. The average molecular weight is 356 g/mol. The minimum atomic E-state index is -0.352. The number of esters is 1. The largest absolute Gasteiger partial charge is 0.423 e. The number of carbonyl (C=O) groups excluding carboxylic acids is 1. The summed E-state index contributed by atoms with van der Waals surface area (Å²) in [6, 6.07) is 25.2. The molecule has 0 unspecified atom stereocenters. The number of benzene rings is 3. The van der Waals surface area contributed by atoms with E-state index in [1.165, 1.54) is 5.56 Å². The number of hydrogen-bond donors (Lipinski definition) is 0. The van der Waals surface area contributed by atoms with E-state index >= 15 is 0 Å². The van der Waals surface area contributed by atoms with Crippen LogP contribution in [0, 0.1) is 5.92 Å². The second kappa shape index (κ2) is 9.00. The molecule has 0 saturated carbocycles. The Kier molecular flexibility index (Phi) is 6.22. The van der Waals surface area contributed by atoms with E-state index in [1.54, 1.807) is 18.2 Å². The Balaban J connectivity index is 1.68. The van der Waals surface area contributed by atoms with Crippen LogP contribution in [0.3, 0.4) is 0 Å². The summed E-state index contributed by atoms with van der Waals surface area (Å²) in [6.45, 7) is 4.45. The van der Waals surface area contributed by atoms with Crippen LogP contribution in [0.25, 0.3) is 12.2 Å². The second-order valence-electron chi connectivity index (χ2n) is 7.00. The molecule has 27 heavy (non-hydrogen) atoms. The van der Waals surface area contributed by atoms with Crippen LogP contribution >= 0.6 is 0 Å². The average Bonchev–Trinajstić information content (AvgIpc) is 2.68. The van der Waals surface area contributed by atoms with Crippen LogP contribution < -0.4 is 4.74 Å². The number of carbonyl (C=O) groups is 1. The molecule has 0 spiro atoms. The Morgan fingerprint density at radius 2 is 1.56 bits per heavy atom. The van der Waals surface area contributed by atoms with Crippen molar-refractivity contribution in [3.8, 4) is 5.75 Å². The van der Waals surface area contributed by atoms with E-state index in [1.807, 2.05) is 42.5 Å². The van der Waals surface area contributed by atoms with Crippen LogP contribution in [0.4, 0.5) is 0 Å². The van der Waals surface area contributed by atoms with E-state index in [0.29, 0.717) is 17.2 Å². The Bertz CT molecular complexity index is 907. The lowest BCUT2D eigenvalue weighted by molar-refractivity contribution is 0.0734. The van der Waals surface area contributed by atoms with E-state index in [2.05, 4.69) is 44.2 Å². The summed E-state index contributed by atoms with van der Waals surface area (Å²) in [5.74, 6) is 0.851. The predicted molar refractivity (Wildman–Crippen MR) is 112 cm³/mol. The molecular formula is C25H24O2. The molecule has 0 radical (unpaired) electrons. The van der Waals surface area contributed by atoms with Crippen LogP contribution in [0.5, 0.6) is 5.75 Å². The van der Waals surface area contributed by atoms with Gasteiger partial charge in [0.15, 0.2) is 0 Å². The molecule has 3 rings (SSSR count). The van der Waals surface area contributed by atoms with Crippen LogP contribution in [-0.2, 0) is 6.42 Å². The first-order chi connectivity index (χ1) is 13.1. The molecule has 0 saturated heterocycles. The van der Waals surface area contributed by atoms with Crippen molar-refractivity contribution in [3.05, 3.63) is 101 Å². The van der Waals surface area contributed by atoms with Gasteiger partial charge in [0, 0.05) is 0 Å². The van der Waals surface area contributed by atoms with Crippen molar-refractivity contribution in [2.45, 2.75) is 20.3 Å². The van der Waals surface area contributed by atoms with Gasteiger partial charge < -0.3 is 4.74 Å². The standard InChI is InChI=1S/C25H24O2/c1-19(2)17-22-15-12-20(13-16-22)11-14-21-7-6-8-23(18-21)25(26)27-24-9-4-3-5-10-24/h3-16,18-19H,17H2,1-2H3/b14-11+.